The van der Waals surface area contributed by atoms with Crippen molar-refractivity contribution in [2.24, 2.45) is 0 Å². The van der Waals surface area contributed by atoms with Crippen LogP contribution in [-0.4, -0.2) is 15.1 Å². The highest BCUT2D eigenvalue weighted by molar-refractivity contribution is 5.49. The SMILES string of the molecule is CCCCc1noc(-c2cccc(N)n2)n1. The molecule has 2 heterocycles. The molecule has 0 saturated carbocycles. The van der Waals surface area contributed by atoms with Crippen LogP contribution >= 0.6 is 0 Å². The van der Waals surface area contributed by atoms with Crippen LogP contribution in [0.4, 0.5) is 5.82 Å². The predicted molar refractivity (Wildman–Crippen MR) is 60.6 cm³/mol. The van der Waals surface area contributed by atoms with Crippen molar-refractivity contribution < 1.29 is 4.52 Å². The quantitative estimate of drug-likeness (QED) is 0.849. The molecule has 0 spiro atoms. The highest BCUT2D eigenvalue weighted by Crippen LogP contribution is 2.16. The molecule has 0 aliphatic heterocycles. The van der Waals surface area contributed by atoms with Gasteiger partial charge in [-0.15, -0.1) is 0 Å². The third-order valence-electron chi connectivity index (χ3n) is 2.21. The number of rotatable bonds is 4. The van der Waals surface area contributed by atoms with Gasteiger partial charge in [-0.1, -0.05) is 24.6 Å². The van der Waals surface area contributed by atoms with Gasteiger partial charge < -0.3 is 10.3 Å². The third-order valence-corrected chi connectivity index (χ3v) is 2.21. The van der Waals surface area contributed by atoms with E-state index in [4.69, 9.17) is 10.3 Å². The second kappa shape index (κ2) is 4.74. The molecule has 2 aromatic heterocycles. The number of nitrogen functional groups attached to an aromatic ring is 1. The Morgan fingerprint density at radius 3 is 2.94 bits per heavy atom. The van der Waals surface area contributed by atoms with Crippen LogP contribution < -0.4 is 5.73 Å². The molecule has 0 amide bonds. The van der Waals surface area contributed by atoms with Gasteiger partial charge in [0.15, 0.2) is 5.82 Å². The minimum Gasteiger partial charge on any atom is -0.384 e. The third kappa shape index (κ3) is 2.36. The number of anilines is 1. The summed E-state index contributed by atoms with van der Waals surface area (Å²) in [6.07, 6.45) is 3.01. The number of hydrogen-bond acceptors (Lipinski definition) is 5. The fraction of sp³-hybridized carbons (Fsp3) is 0.364. The number of nitrogens with zero attached hydrogens (tertiary/aromatic N) is 3. The molecule has 0 saturated heterocycles. The number of pyridine rings is 1. The zero-order valence-corrected chi connectivity index (χ0v) is 9.18. The fourth-order valence-corrected chi connectivity index (χ4v) is 1.37. The van der Waals surface area contributed by atoms with E-state index in [1.807, 2.05) is 6.07 Å². The Hall–Kier alpha value is -1.91. The van der Waals surface area contributed by atoms with Crippen LogP contribution in [0.25, 0.3) is 11.6 Å². The summed E-state index contributed by atoms with van der Waals surface area (Å²) in [7, 11) is 0. The van der Waals surface area contributed by atoms with Crippen LogP contribution in [0, 0.1) is 0 Å². The van der Waals surface area contributed by atoms with Crippen molar-refractivity contribution in [2.75, 3.05) is 5.73 Å². The Labute approximate surface area is 93.7 Å². The molecule has 0 unspecified atom stereocenters. The molecule has 0 aliphatic carbocycles. The Morgan fingerprint density at radius 2 is 2.19 bits per heavy atom. The van der Waals surface area contributed by atoms with E-state index in [2.05, 4.69) is 22.0 Å². The molecule has 5 heteroatoms. The summed E-state index contributed by atoms with van der Waals surface area (Å²) in [5.74, 6) is 1.60. The van der Waals surface area contributed by atoms with Crippen molar-refractivity contribution in [3.05, 3.63) is 24.0 Å². The van der Waals surface area contributed by atoms with Crippen molar-refractivity contribution in [1.29, 1.82) is 0 Å². The normalized spacial score (nSPS) is 10.6. The summed E-state index contributed by atoms with van der Waals surface area (Å²) < 4.78 is 5.12. The molecular formula is C11H14N4O. The minimum atomic E-state index is 0.429. The summed E-state index contributed by atoms with van der Waals surface area (Å²) in [6.45, 7) is 2.13. The lowest BCUT2D eigenvalue weighted by Gasteiger charge is -1.94. The smallest absolute Gasteiger partial charge is 0.276 e. The van der Waals surface area contributed by atoms with E-state index in [1.165, 1.54) is 0 Å². The molecule has 0 radical (unpaired) electrons. The zero-order valence-electron chi connectivity index (χ0n) is 9.18. The second-order valence-electron chi connectivity index (χ2n) is 3.57. The molecule has 2 rings (SSSR count). The van der Waals surface area contributed by atoms with E-state index in [1.54, 1.807) is 12.1 Å². The largest absolute Gasteiger partial charge is 0.384 e. The fourth-order valence-electron chi connectivity index (χ4n) is 1.37. The van der Waals surface area contributed by atoms with Crippen molar-refractivity contribution in [2.45, 2.75) is 26.2 Å². The van der Waals surface area contributed by atoms with Crippen molar-refractivity contribution in [3.8, 4) is 11.6 Å². The molecule has 16 heavy (non-hydrogen) atoms. The molecule has 0 aromatic carbocycles. The van der Waals surface area contributed by atoms with Crippen LogP contribution in [0.2, 0.25) is 0 Å². The lowest BCUT2D eigenvalue weighted by atomic mass is 10.2. The molecule has 0 aliphatic rings. The van der Waals surface area contributed by atoms with Crippen LogP contribution in [0.3, 0.4) is 0 Å². The monoisotopic (exact) mass is 218 g/mol. The summed E-state index contributed by atoms with van der Waals surface area (Å²) in [6, 6.07) is 5.33. The van der Waals surface area contributed by atoms with Gasteiger partial charge in [0.05, 0.1) is 0 Å². The number of hydrogen-bond donors (Lipinski definition) is 1. The first-order valence-corrected chi connectivity index (χ1v) is 5.35. The second-order valence-corrected chi connectivity index (χ2v) is 3.57. The van der Waals surface area contributed by atoms with Crippen LogP contribution in [-0.2, 0) is 6.42 Å². The molecule has 0 bridgehead atoms. The van der Waals surface area contributed by atoms with Gasteiger partial charge in [-0.25, -0.2) is 4.98 Å². The first-order chi connectivity index (χ1) is 7.79. The van der Waals surface area contributed by atoms with Gasteiger partial charge in [0, 0.05) is 6.42 Å². The molecule has 2 N–H and O–H groups in total. The van der Waals surface area contributed by atoms with Gasteiger partial charge in [0.2, 0.25) is 0 Å². The van der Waals surface area contributed by atoms with E-state index < -0.39 is 0 Å². The van der Waals surface area contributed by atoms with Crippen LogP contribution in [0.1, 0.15) is 25.6 Å². The Morgan fingerprint density at radius 1 is 1.31 bits per heavy atom. The Balaban J connectivity index is 2.18. The highest BCUT2D eigenvalue weighted by Gasteiger charge is 2.09. The van der Waals surface area contributed by atoms with E-state index in [0.29, 0.717) is 17.4 Å². The average Bonchev–Trinajstić information content (AvgIpc) is 2.75. The lowest BCUT2D eigenvalue weighted by molar-refractivity contribution is 0.420. The van der Waals surface area contributed by atoms with Crippen LogP contribution in [0.15, 0.2) is 22.7 Å². The van der Waals surface area contributed by atoms with Gasteiger partial charge in [-0.2, -0.15) is 4.98 Å². The predicted octanol–water partition coefficient (Wildman–Crippen LogP) is 2.06. The summed E-state index contributed by atoms with van der Waals surface area (Å²) >= 11 is 0. The molecule has 2 aromatic rings. The van der Waals surface area contributed by atoms with Gasteiger partial charge in [-0.05, 0) is 18.6 Å². The zero-order chi connectivity index (χ0) is 11.4. The number of aromatic nitrogens is 3. The topological polar surface area (TPSA) is 77.8 Å². The standard InChI is InChI=1S/C11H14N4O/c1-2-3-7-10-14-11(16-15-10)8-5-4-6-9(12)13-8/h4-6H,2-3,7H2,1H3,(H2,12,13). The van der Waals surface area contributed by atoms with E-state index in [0.717, 1.165) is 25.1 Å². The number of aryl methyl sites for hydroxylation is 1. The van der Waals surface area contributed by atoms with Crippen LogP contribution in [0.5, 0.6) is 0 Å². The molecule has 84 valence electrons. The average molecular weight is 218 g/mol. The highest BCUT2D eigenvalue weighted by atomic mass is 16.5. The molecular weight excluding hydrogens is 204 g/mol. The summed E-state index contributed by atoms with van der Waals surface area (Å²) in [5, 5.41) is 3.89. The number of nitrogens with two attached hydrogens (primary N) is 1. The van der Waals surface area contributed by atoms with E-state index >= 15 is 0 Å². The maximum Gasteiger partial charge on any atom is 0.276 e. The molecule has 5 nitrogen and oxygen atoms in total. The van der Waals surface area contributed by atoms with Gasteiger partial charge in [0.25, 0.3) is 5.89 Å². The van der Waals surface area contributed by atoms with E-state index in [-0.39, 0.29) is 0 Å². The van der Waals surface area contributed by atoms with E-state index in [9.17, 15) is 0 Å². The first-order valence-electron chi connectivity index (χ1n) is 5.35. The van der Waals surface area contributed by atoms with Crippen molar-refractivity contribution in [3.63, 3.8) is 0 Å². The number of unbranched alkanes of at least 4 members (excludes halogenated alkanes) is 1. The molecule has 0 fully saturated rings. The van der Waals surface area contributed by atoms with Crippen molar-refractivity contribution in [1.82, 2.24) is 15.1 Å². The maximum absolute atomic E-state index is 5.58. The van der Waals surface area contributed by atoms with Gasteiger partial charge in [-0.3, -0.25) is 0 Å². The van der Waals surface area contributed by atoms with Gasteiger partial charge >= 0.3 is 0 Å². The Bertz CT molecular complexity index is 467. The molecule has 0 atom stereocenters. The lowest BCUT2D eigenvalue weighted by Crippen LogP contribution is -1.92. The first kappa shape index (κ1) is 10.6. The summed E-state index contributed by atoms with van der Waals surface area (Å²) in [4.78, 5) is 8.38. The summed E-state index contributed by atoms with van der Waals surface area (Å²) in [5.41, 5.74) is 6.20. The van der Waals surface area contributed by atoms with Gasteiger partial charge in [0.1, 0.15) is 11.5 Å². The Kier molecular flexibility index (Phi) is 3.14. The maximum atomic E-state index is 5.58. The minimum absolute atomic E-state index is 0.429. The van der Waals surface area contributed by atoms with Crippen molar-refractivity contribution >= 4 is 5.82 Å².